The molecule has 0 rings (SSSR count). The van der Waals surface area contributed by atoms with Crippen LogP contribution in [0.25, 0.3) is 0 Å². The molecule has 9 heavy (non-hydrogen) atoms. The van der Waals surface area contributed by atoms with Gasteiger partial charge in [0.1, 0.15) is 52.1 Å². The fourth-order valence-electron chi connectivity index (χ4n) is 0.244. The third-order valence-electron chi connectivity index (χ3n) is 0.731. The van der Waals surface area contributed by atoms with E-state index in [0.29, 0.717) is 0 Å². The summed E-state index contributed by atoms with van der Waals surface area (Å²) < 4.78 is 9.32. The topological polar surface area (TPSA) is 64.7 Å². The molecule has 0 amide bonds. The van der Waals surface area contributed by atoms with Crippen LogP contribution >= 0.6 is 46.0 Å². The lowest BCUT2D eigenvalue weighted by molar-refractivity contribution is -0.0323. The molecule has 3 N–H and O–H groups in total. The number of aliphatic hydroxyl groups excluding tert-OH is 1. The first-order valence-corrected chi connectivity index (χ1v) is 3.95. The van der Waals surface area contributed by atoms with E-state index in [-0.39, 0.29) is 6.54 Å². The highest BCUT2D eigenvalue weighted by molar-refractivity contribution is 14.1. The van der Waals surface area contributed by atoms with E-state index in [1.807, 2.05) is 0 Å². The standard InChI is InChI=1S/C3H7I2NO3/c4-8-3(9-5)2(7)1-6/h2-3,7H,1,6H2. The van der Waals surface area contributed by atoms with Crippen LogP contribution in [0.2, 0.25) is 0 Å². The maximum absolute atomic E-state index is 8.93. The van der Waals surface area contributed by atoms with E-state index in [1.165, 1.54) is 0 Å². The van der Waals surface area contributed by atoms with Gasteiger partial charge in [-0.3, -0.25) is 6.13 Å². The average Bonchev–Trinajstić information content (AvgIpc) is 1.90. The lowest BCUT2D eigenvalue weighted by atomic mass is 10.3. The quantitative estimate of drug-likeness (QED) is 0.563. The SMILES string of the molecule is NCC(O)C(OI)OI. The largest absolute Gasteiger partial charge is 0.386 e. The van der Waals surface area contributed by atoms with Gasteiger partial charge >= 0.3 is 0 Å². The van der Waals surface area contributed by atoms with Crippen LogP contribution in [0.3, 0.4) is 0 Å². The lowest BCUT2D eigenvalue weighted by Crippen LogP contribution is -2.33. The highest BCUT2D eigenvalue weighted by atomic mass is 127. The number of hydrogen-bond donors (Lipinski definition) is 2. The van der Waals surface area contributed by atoms with E-state index in [0.717, 1.165) is 0 Å². The van der Waals surface area contributed by atoms with Crippen LogP contribution in [0.1, 0.15) is 0 Å². The monoisotopic (exact) mass is 359 g/mol. The van der Waals surface area contributed by atoms with E-state index in [9.17, 15) is 0 Å². The number of aliphatic hydroxyl groups is 1. The number of nitrogens with two attached hydrogens (primary N) is 1. The lowest BCUT2D eigenvalue weighted by Gasteiger charge is -2.14. The fourth-order valence-corrected chi connectivity index (χ4v) is 1.53. The molecule has 4 nitrogen and oxygen atoms in total. The molecule has 0 heterocycles. The minimum absolute atomic E-state index is 0.136. The van der Waals surface area contributed by atoms with Gasteiger partial charge in [-0.25, -0.2) is 0 Å². The molecule has 56 valence electrons. The predicted molar refractivity (Wildman–Crippen MR) is 49.1 cm³/mol. The van der Waals surface area contributed by atoms with Crippen LogP contribution in [0.5, 0.6) is 0 Å². The zero-order valence-corrected chi connectivity index (χ0v) is 8.77. The van der Waals surface area contributed by atoms with Gasteiger partial charge < -0.3 is 10.8 Å². The molecule has 1 atom stereocenters. The number of rotatable bonds is 4. The van der Waals surface area contributed by atoms with E-state index in [1.54, 1.807) is 46.0 Å². The summed E-state index contributed by atoms with van der Waals surface area (Å²) in [5.74, 6) is 0. The Balaban J connectivity index is 3.50. The van der Waals surface area contributed by atoms with Crippen LogP contribution < -0.4 is 5.73 Å². The second kappa shape index (κ2) is 6.04. The summed E-state index contributed by atoms with van der Waals surface area (Å²) in [6.45, 7) is 0.136. The highest BCUT2D eigenvalue weighted by Gasteiger charge is 2.17. The zero-order valence-electron chi connectivity index (χ0n) is 4.46. The van der Waals surface area contributed by atoms with Crippen LogP contribution in [0.15, 0.2) is 0 Å². The fraction of sp³-hybridized carbons (Fsp3) is 1.00. The first-order valence-electron chi connectivity index (χ1n) is 2.19. The van der Waals surface area contributed by atoms with Gasteiger partial charge in [-0.05, 0) is 0 Å². The third kappa shape index (κ3) is 3.88. The van der Waals surface area contributed by atoms with Gasteiger partial charge in [0.25, 0.3) is 0 Å². The maximum atomic E-state index is 8.93. The van der Waals surface area contributed by atoms with Crippen molar-refractivity contribution in [2.75, 3.05) is 6.54 Å². The van der Waals surface area contributed by atoms with Gasteiger partial charge in [-0.1, -0.05) is 0 Å². The Hall–Kier alpha value is 1.30. The Kier molecular flexibility index (Phi) is 6.91. The normalized spacial score (nSPS) is 14.3. The summed E-state index contributed by atoms with van der Waals surface area (Å²) >= 11 is 3.29. The highest BCUT2D eigenvalue weighted by Crippen LogP contribution is 2.08. The van der Waals surface area contributed by atoms with Crippen LogP contribution in [-0.2, 0) is 6.13 Å². The Labute approximate surface area is 81.5 Å². The third-order valence-corrected chi connectivity index (χ3v) is 1.73. The summed E-state index contributed by atoms with van der Waals surface area (Å²) in [5.41, 5.74) is 5.11. The van der Waals surface area contributed by atoms with Crippen molar-refractivity contribution in [1.29, 1.82) is 0 Å². The molecular formula is C3H7I2NO3. The molecule has 0 aliphatic carbocycles. The molecule has 0 aliphatic heterocycles. The number of halogens is 2. The van der Waals surface area contributed by atoms with Crippen molar-refractivity contribution in [2.45, 2.75) is 12.4 Å². The van der Waals surface area contributed by atoms with Gasteiger partial charge in [-0.2, -0.15) is 0 Å². The Bertz CT molecular complexity index is 70.1. The van der Waals surface area contributed by atoms with E-state index < -0.39 is 12.4 Å². The summed E-state index contributed by atoms with van der Waals surface area (Å²) in [6.07, 6.45) is -1.38. The molecule has 0 aromatic carbocycles. The zero-order chi connectivity index (χ0) is 7.28. The molecule has 0 radical (unpaired) electrons. The smallest absolute Gasteiger partial charge is 0.206 e. The summed E-state index contributed by atoms with van der Waals surface area (Å²) in [4.78, 5) is 0. The molecule has 0 aromatic rings. The summed E-state index contributed by atoms with van der Waals surface area (Å²) in [7, 11) is 0. The molecule has 0 aromatic heterocycles. The van der Waals surface area contributed by atoms with Gasteiger partial charge in [0.05, 0.1) is 0 Å². The summed E-state index contributed by atoms with van der Waals surface area (Å²) in [6, 6.07) is 0. The van der Waals surface area contributed by atoms with Crippen molar-refractivity contribution in [3.63, 3.8) is 0 Å². The molecule has 0 saturated heterocycles. The Morgan fingerprint density at radius 3 is 2.00 bits per heavy atom. The second-order valence-corrected chi connectivity index (χ2v) is 2.37. The van der Waals surface area contributed by atoms with Gasteiger partial charge in [0.15, 0.2) is 0 Å². The molecule has 0 fully saturated rings. The van der Waals surface area contributed by atoms with E-state index in [4.69, 9.17) is 10.8 Å². The minimum atomic E-state index is -0.751. The van der Waals surface area contributed by atoms with Crippen molar-refractivity contribution < 1.29 is 11.2 Å². The Morgan fingerprint density at radius 2 is 1.89 bits per heavy atom. The maximum Gasteiger partial charge on any atom is 0.206 e. The molecule has 0 saturated carbocycles. The molecular weight excluding hydrogens is 352 g/mol. The van der Waals surface area contributed by atoms with Crippen molar-refractivity contribution in [2.24, 2.45) is 5.73 Å². The van der Waals surface area contributed by atoms with Crippen molar-refractivity contribution in [3.8, 4) is 0 Å². The molecule has 0 spiro atoms. The average molecular weight is 359 g/mol. The Morgan fingerprint density at radius 1 is 1.44 bits per heavy atom. The van der Waals surface area contributed by atoms with Crippen LogP contribution in [-0.4, -0.2) is 24.0 Å². The van der Waals surface area contributed by atoms with Crippen LogP contribution in [0, 0.1) is 0 Å². The van der Waals surface area contributed by atoms with Crippen molar-refractivity contribution in [1.82, 2.24) is 0 Å². The van der Waals surface area contributed by atoms with Gasteiger partial charge in [-0.15, -0.1) is 0 Å². The van der Waals surface area contributed by atoms with Gasteiger partial charge in [0, 0.05) is 6.54 Å². The molecule has 0 bridgehead atoms. The van der Waals surface area contributed by atoms with E-state index >= 15 is 0 Å². The molecule has 0 aliphatic rings. The molecule has 1 unspecified atom stereocenters. The first-order chi connectivity index (χ1) is 4.26. The summed E-state index contributed by atoms with van der Waals surface area (Å²) in [5, 5.41) is 8.93. The van der Waals surface area contributed by atoms with E-state index in [2.05, 4.69) is 6.13 Å². The molecule has 6 heteroatoms. The van der Waals surface area contributed by atoms with Crippen LogP contribution in [0.4, 0.5) is 0 Å². The van der Waals surface area contributed by atoms with Crippen molar-refractivity contribution in [3.05, 3.63) is 0 Å². The minimum Gasteiger partial charge on any atom is -0.386 e. The second-order valence-electron chi connectivity index (χ2n) is 1.35. The first kappa shape index (κ1) is 10.3. The van der Waals surface area contributed by atoms with Gasteiger partial charge in [0.2, 0.25) is 6.29 Å². The number of hydrogen-bond acceptors (Lipinski definition) is 4. The predicted octanol–water partition coefficient (Wildman–Crippen LogP) is 0.365. The van der Waals surface area contributed by atoms with Crippen molar-refractivity contribution >= 4 is 46.0 Å².